The average molecular weight is 195 g/mol. The summed E-state index contributed by atoms with van der Waals surface area (Å²) in [6, 6.07) is 4.50. The van der Waals surface area contributed by atoms with Gasteiger partial charge in [-0.15, -0.1) is 0 Å². The lowest BCUT2D eigenvalue weighted by atomic mass is 10.1. The molecule has 0 aliphatic carbocycles. The molecule has 1 rings (SSSR count). The summed E-state index contributed by atoms with van der Waals surface area (Å²) in [4.78, 5) is 9.85. The van der Waals surface area contributed by atoms with Crippen LogP contribution in [-0.2, 0) is 0 Å². The van der Waals surface area contributed by atoms with Gasteiger partial charge in [0, 0.05) is 13.0 Å². The maximum absolute atomic E-state index is 13.0. The van der Waals surface area contributed by atoms with Crippen molar-refractivity contribution in [2.75, 3.05) is 0 Å². The van der Waals surface area contributed by atoms with Gasteiger partial charge in [-0.1, -0.05) is 12.1 Å². The molecule has 1 aromatic rings. The van der Waals surface area contributed by atoms with Crippen molar-refractivity contribution in [1.29, 1.82) is 0 Å². The first-order valence-electron chi connectivity index (χ1n) is 4.10. The summed E-state index contributed by atoms with van der Waals surface area (Å²) < 4.78 is 13.0. The van der Waals surface area contributed by atoms with Crippen LogP contribution in [0.1, 0.15) is 18.1 Å². The second-order valence-corrected chi connectivity index (χ2v) is 3.00. The highest BCUT2D eigenvalue weighted by atomic mass is 19.1. The highest BCUT2D eigenvalue weighted by molar-refractivity contribution is 5.54. The molecular weight excluding hydrogens is 185 g/mol. The van der Waals surface area contributed by atoms with Gasteiger partial charge in [0.15, 0.2) is 0 Å². The molecule has 74 valence electrons. The number of halogens is 1. The van der Waals surface area contributed by atoms with Gasteiger partial charge in [0.25, 0.3) is 0 Å². The fourth-order valence-corrected chi connectivity index (χ4v) is 1.06. The van der Waals surface area contributed by atoms with Crippen molar-refractivity contribution in [2.45, 2.75) is 13.8 Å². The van der Waals surface area contributed by atoms with E-state index in [1.165, 1.54) is 25.1 Å². The van der Waals surface area contributed by atoms with Crippen LogP contribution in [0.15, 0.2) is 23.9 Å². The molecule has 0 aromatic heterocycles. The molecule has 0 saturated carbocycles. The van der Waals surface area contributed by atoms with E-state index in [0.717, 1.165) is 0 Å². The predicted octanol–water partition coefficient (Wildman–Crippen LogP) is 2.77. The van der Waals surface area contributed by atoms with Crippen LogP contribution >= 0.6 is 0 Å². The highest BCUT2D eigenvalue weighted by Gasteiger charge is 2.05. The number of nitrogens with zero attached hydrogens (tertiary/aromatic N) is 1. The van der Waals surface area contributed by atoms with Crippen LogP contribution in [0.2, 0.25) is 0 Å². The van der Waals surface area contributed by atoms with E-state index in [0.29, 0.717) is 11.1 Å². The summed E-state index contributed by atoms with van der Waals surface area (Å²) in [5.74, 6) is -0.352. The predicted molar refractivity (Wildman–Crippen MR) is 51.8 cm³/mol. The van der Waals surface area contributed by atoms with Crippen molar-refractivity contribution in [1.82, 2.24) is 0 Å². The van der Waals surface area contributed by atoms with E-state index in [9.17, 15) is 14.5 Å². The molecule has 0 atom stereocenters. The van der Waals surface area contributed by atoms with Crippen LogP contribution < -0.4 is 0 Å². The van der Waals surface area contributed by atoms with E-state index in [4.69, 9.17) is 0 Å². The molecule has 3 nitrogen and oxygen atoms in total. The molecule has 0 N–H and O–H groups in total. The maximum atomic E-state index is 13.0. The minimum Gasteiger partial charge on any atom is -0.259 e. The lowest BCUT2D eigenvalue weighted by molar-refractivity contribution is -0.422. The minimum absolute atomic E-state index is 0.00120. The first-order chi connectivity index (χ1) is 6.52. The number of hydrogen-bond donors (Lipinski definition) is 0. The number of allylic oxidation sites excluding steroid dienone is 1. The summed E-state index contributed by atoms with van der Waals surface area (Å²) in [6.07, 6.45) is 1.36. The third-order valence-corrected chi connectivity index (χ3v) is 1.96. The van der Waals surface area contributed by atoms with Gasteiger partial charge in [-0.05, 0) is 24.1 Å². The molecule has 0 saturated heterocycles. The second-order valence-electron chi connectivity index (χ2n) is 3.00. The van der Waals surface area contributed by atoms with Crippen molar-refractivity contribution >= 4 is 6.08 Å². The van der Waals surface area contributed by atoms with Crippen molar-refractivity contribution in [3.05, 3.63) is 51.0 Å². The Morgan fingerprint density at radius 2 is 2.21 bits per heavy atom. The topological polar surface area (TPSA) is 43.1 Å². The molecule has 0 unspecified atom stereocenters. The second kappa shape index (κ2) is 4.00. The van der Waals surface area contributed by atoms with Crippen molar-refractivity contribution in [3.63, 3.8) is 0 Å². The molecule has 0 bridgehead atoms. The fraction of sp³-hybridized carbons (Fsp3) is 0.200. The average Bonchev–Trinajstić information content (AvgIpc) is 2.12. The molecule has 0 amide bonds. The molecule has 0 aliphatic heterocycles. The van der Waals surface area contributed by atoms with Gasteiger partial charge in [0.05, 0.1) is 4.92 Å². The lowest BCUT2D eigenvalue weighted by Crippen LogP contribution is -1.94. The van der Waals surface area contributed by atoms with Crippen LogP contribution in [-0.4, -0.2) is 4.92 Å². The van der Waals surface area contributed by atoms with Crippen LogP contribution in [0, 0.1) is 22.9 Å². The Morgan fingerprint density at radius 3 is 2.79 bits per heavy atom. The van der Waals surface area contributed by atoms with E-state index < -0.39 is 4.92 Å². The number of hydrogen-bond acceptors (Lipinski definition) is 2. The Hall–Kier alpha value is -1.71. The van der Waals surface area contributed by atoms with E-state index >= 15 is 0 Å². The SMILES string of the molecule is C/C(=C\c1cccc(F)c1C)[N+](=O)[O-]. The lowest BCUT2D eigenvalue weighted by Gasteiger charge is -2.00. The highest BCUT2D eigenvalue weighted by Crippen LogP contribution is 2.15. The summed E-state index contributed by atoms with van der Waals surface area (Å²) in [7, 11) is 0. The van der Waals surface area contributed by atoms with E-state index in [1.54, 1.807) is 13.0 Å². The first kappa shape index (κ1) is 10.4. The molecule has 0 aliphatic rings. The molecule has 4 heteroatoms. The van der Waals surface area contributed by atoms with E-state index in [2.05, 4.69) is 0 Å². The fourth-order valence-electron chi connectivity index (χ4n) is 1.06. The Labute approximate surface area is 81.0 Å². The number of rotatable bonds is 2. The minimum atomic E-state index is -0.496. The van der Waals surface area contributed by atoms with Crippen LogP contribution in [0.3, 0.4) is 0 Å². The van der Waals surface area contributed by atoms with Crippen LogP contribution in [0.4, 0.5) is 4.39 Å². The standard InChI is InChI=1S/C10H10FNO2/c1-7(12(13)14)6-9-4-3-5-10(11)8(9)2/h3-6H,1-2H3/b7-6+. The summed E-state index contributed by atoms with van der Waals surface area (Å²) in [5, 5.41) is 10.3. The molecular formula is C10H10FNO2. The zero-order valence-electron chi connectivity index (χ0n) is 7.95. The monoisotopic (exact) mass is 195 g/mol. The van der Waals surface area contributed by atoms with Crippen molar-refractivity contribution in [3.8, 4) is 0 Å². The quantitative estimate of drug-likeness (QED) is 0.538. The maximum Gasteiger partial charge on any atom is 0.243 e. The Kier molecular flexibility index (Phi) is 2.96. The number of benzene rings is 1. The van der Waals surface area contributed by atoms with Crippen LogP contribution in [0.25, 0.3) is 6.08 Å². The Balaban J connectivity index is 3.15. The zero-order chi connectivity index (χ0) is 10.7. The van der Waals surface area contributed by atoms with Gasteiger partial charge < -0.3 is 0 Å². The zero-order valence-corrected chi connectivity index (χ0v) is 7.95. The molecule has 1 aromatic carbocycles. The van der Waals surface area contributed by atoms with E-state index in [-0.39, 0.29) is 11.5 Å². The molecule has 0 radical (unpaired) electrons. The van der Waals surface area contributed by atoms with Gasteiger partial charge in [0.1, 0.15) is 5.82 Å². The number of nitro groups is 1. The van der Waals surface area contributed by atoms with Crippen molar-refractivity contribution in [2.24, 2.45) is 0 Å². The van der Waals surface area contributed by atoms with Gasteiger partial charge in [-0.25, -0.2) is 4.39 Å². The first-order valence-corrected chi connectivity index (χ1v) is 4.10. The third kappa shape index (κ3) is 2.16. The smallest absolute Gasteiger partial charge is 0.243 e. The third-order valence-electron chi connectivity index (χ3n) is 1.96. The van der Waals surface area contributed by atoms with Gasteiger partial charge >= 0.3 is 0 Å². The summed E-state index contributed by atoms with van der Waals surface area (Å²) >= 11 is 0. The van der Waals surface area contributed by atoms with Gasteiger partial charge in [-0.2, -0.15) is 0 Å². The molecule has 0 spiro atoms. The van der Waals surface area contributed by atoms with Gasteiger partial charge in [0.2, 0.25) is 5.70 Å². The molecule has 0 heterocycles. The summed E-state index contributed by atoms with van der Waals surface area (Å²) in [6.45, 7) is 2.97. The summed E-state index contributed by atoms with van der Waals surface area (Å²) in [5.41, 5.74) is 0.964. The molecule has 14 heavy (non-hydrogen) atoms. The van der Waals surface area contributed by atoms with Crippen LogP contribution in [0.5, 0.6) is 0 Å². The van der Waals surface area contributed by atoms with E-state index in [1.807, 2.05) is 0 Å². The molecule has 0 fully saturated rings. The van der Waals surface area contributed by atoms with Gasteiger partial charge in [-0.3, -0.25) is 10.1 Å². The Morgan fingerprint density at radius 1 is 1.57 bits per heavy atom. The van der Waals surface area contributed by atoms with Crippen molar-refractivity contribution < 1.29 is 9.31 Å². The Bertz CT molecular complexity index is 399. The normalized spacial score (nSPS) is 11.5. The largest absolute Gasteiger partial charge is 0.259 e.